The molecule has 2 rings (SSSR count). The van der Waals surface area contributed by atoms with E-state index in [9.17, 15) is 39.3 Å². The first-order valence-electron chi connectivity index (χ1n) is 11.7. The van der Waals surface area contributed by atoms with Crippen molar-refractivity contribution in [2.24, 2.45) is 11.5 Å². The molecule has 204 valence electrons. The number of carbonyl (C=O) groups is 5. The third-order valence-electron chi connectivity index (χ3n) is 5.52. The van der Waals surface area contributed by atoms with Crippen LogP contribution in [0.4, 0.5) is 0 Å². The molecule has 10 N–H and O–H groups in total. The summed E-state index contributed by atoms with van der Waals surface area (Å²) >= 11 is 0. The zero-order valence-electron chi connectivity index (χ0n) is 20.4. The Morgan fingerprint density at radius 2 is 1.13 bits per heavy atom. The SMILES string of the molecule is NCC(=O)NC(Cc1ccc(O)cc1)C(=O)NC(Cc1ccc(O)cc1)C(=O)NC(CCC(N)=O)C(=O)O. The lowest BCUT2D eigenvalue weighted by atomic mass is 10.0. The maximum Gasteiger partial charge on any atom is 0.326 e. The van der Waals surface area contributed by atoms with E-state index >= 15 is 0 Å². The summed E-state index contributed by atoms with van der Waals surface area (Å²) in [4.78, 5) is 61.1. The molecule has 0 heterocycles. The Bertz CT molecular complexity index is 1140. The van der Waals surface area contributed by atoms with Crippen LogP contribution >= 0.6 is 0 Å². The number of benzene rings is 2. The summed E-state index contributed by atoms with van der Waals surface area (Å²) in [6.45, 7) is -0.392. The van der Waals surface area contributed by atoms with Crippen molar-refractivity contribution >= 4 is 29.6 Å². The first kappa shape index (κ1) is 29.6. The van der Waals surface area contributed by atoms with E-state index in [2.05, 4.69) is 16.0 Å². The third kappa shape index (κ3) is 9.78. The van der Waals surface area contributed by atoms with Gasteiger partial charge in [0.05, 0.1) is 6.54 Å². The lowest BCUT2D eigenvalue weighted by Crippen LogP contribution is -2.57. The van der Waals surface area contributed by atoms with Gasteiger partial charge in [-0.1, -0.05) is 24.3 Å². The van der Waals surface area contributed by atoms with Gasteiger partial charge in [-0.25, -0.2) is 4.79 Å². The van der Waals surface area contributed by atoms with Gasteiger partial charge in [0.1, 0.15) is 29.6 Å². The molecule has 3 unspecified atom stereocenters. The fourth-order valence-corrected chi connectivity index (χ4v) is 3.50. The molecule has 0 saturated heterocycles. The van der Waals surface area contributed by atoms with Crippen LogP contribution in [0.2, 0.25) is 0 Å². The lowest BCUT2D eigenvalue weighted by molar-refractivity contribution is -0.142. The Morgan fingerprint density at radius 1 is 0.711 bits per heavy atom. The first-order valence-corrected chi connectivity index (χ1v) is 11.7. The van der Waals surface area contributed by atoms with Gasteiger partial charge in [-0.2, -0.15) is 0 Å². The number of primary amides is 1. The molecule has 0 fully saturated rings. The van der Waals surface area contributed by atoms with Crippen LogP contribution in [-0.2, 0) is 36.8 Å². The van der Waals surface area contributed by atoms with Gasteiger partial charge in [0.2, 0.25) is 23.6 Å². The van der Waals surface area contributed by atoms with Crippen molar-refractivity contribution in [3.63, 3.8) is 0 Å². The highest BCUT2D eigenvalue weighted by Gasteiger charge is 2.30. The number of amides is 4. The quantitative estimate of drug-likeness (QED) is 0.144. The van der Waals surface area contributed by atoms with Crippen molar-refractivity contribution in [3.05, 3.63) is 59.7 Å². The maximum atomic E-state index is 13.2. The average Bonchev–Trinajstić information content (AvgIpc) is 2.87. The number of nitrogens with one attached hydrogen (secondary N) is 3. The van der Waals surface area contributed by atoms with Crippen LogP contribution in [0, 0.1) is 0 Å². The fraction of sp³-hybridized carbons (Fsp3) is 0.320. The van der Waals surface area contributed by atoms with Crippen molar-refractivity contribution in [1.82, 2.24) is 16.0 Å². The molecule has 4 amide bonds. The smallest absolute Gasteiger partial charge is 0.326 e. The number of hydrogen-bond donors (Lipinski definition) is 8. The Hall–Kier alpha value is -4.65. The van der Waals surface area contributed by atoms with E-state index in [1.807, 2.05) is 0 Å². The van der Waals surface area contributed by atoms with E-state index in [1.165, 1.54) is 36.4 Å². The Labute approximate surface area is 218 Å². The van der Waals surface area contributed by atoms with Gasteiger partial charge in [0.25, 0.3) is 0 Å². The van der Waals surface area contributed by atoms with E-state index in [4.69, 9.17) is 11.5 Å². The summed E-state index contributed by atoms with van der Waals surface area (Å²) < 4.78 is 0. The molecule has 13 nitrogen and oxygen atoms in total. The van der Waals surface area contributed by atoms with Crippen LogP contribution in [0.25, 0.3) is 0 Å². The molecule has 0 aliphatic rings. The molecule has 0 radical (unpaired) electrons. The Morgan fingerprint density at radius 3 is 1.53 bits per heavy atom. The van der Waals surface area contributed by atoms with Crippen molar-refractivity contribution in [2.45, 2.75) is 43.8 Å². The standard InChI is InChI=1S/C25H31N5O8/c26-13-22(34)28-19(11-14-1-5-16(31)6-2-14)23(35)30-20(12-15-3-7-17(32)8-4-15)24(36)29-18(25(37)38)9-10-21(27)33/h1-8,18-20,31-32H,9-13,26H2,(H2,27,33)(H,28,34)(H,29,36)(H,30,35)(H,37,38). The maximum absolute atomic E-state index is 13.2. The van der Waals surface area contributed by atoms with Gasteiger partial charge in [0, 0.05) is 19.3 Å². The highest BCUT2D eigenvalue weighted by atomic mass is 16.4. The Kier molecular flexibility index (Phi) is 11.0. The van der Waals surface area contributed by atoms with Crippen molar-refractivity contribution < 1.29 is 39.3 Å². The van der Waals surface area contributed by atoms with E-state index in [-0.39, 0.29) is 37.2 Å². The number of phenolic OH excluding ortho intramolecular Hbond substituents is 2. The zero-order chi connectivity index (χ0) is 28.2. The summed E-state index contributed by atoms with van der Waals surface area (Å²) in [7, 11) is 0. The summed E-state index contributed by atoms with van der Waals surface area (Å²) in [5.41, 5.74) is 11.6. The minimum Gasteiger partial charge on any atom is -0.508 e. The summed E-state index contributed by atoms with van der Waals surface area (Å²) in [5, 5.41) is 35.9. The highest BCUT2D eigenvalue weighted by molar-refractivity contribution is 5.94. The molecule has 38 heavy (non-hydrogen) atoms. The molecule has 2 aromatic rings. The van der Waals surface area contributed by atoms with Gasteiger partial charge in [-0.15, -0.1) is 0 Å². The molecule has 0 spiro atoms. The van der Waals surface area contributed by atoms with Crippen LogP contribution in [0.1, 0.15) is 24.0 Å². The van der Waals surface area contributed by atoms with Crippen molar-refractivity contribution in [1.29, 1.82) is 0 Å². The number of phenols is 2. The number of carboxylic acids is 1. The largest absolute Gasteiger partial charge is 0.508 e. The van der Waals surface area contributed by atoms with Gasteiger partial charge < -0.3 is 42.7 Å². The molecule has 3 atom stereocenters. The van der Waals surface area contributed by atoms with Gasteiger partial charge in [-0.3, -0.25) is 19.2 Å². The van der Waals surface area contributed by atoms with Crippen molar-refractivity contribution in [3.8, 4) is 11.5 Å². The van der Waals surface area contributed by atoms with Gasteiger partial charge >= 0.3 is 5.97 Å². The number of carbonyl (C=O) groups excluding carboxylic acids is 4. The highest BCUT2D eigenvalue weighted by Crippen LogP contribution is 2.14. The average molecular weight is 530 g/mol. The van der Waals surface area contributed by atoms with Crippen LogP contribution in [0.15, 0.2) is 48.5 Å². The van der Waals surface area contributed by atoms with Gasteiger partial charge in [0.15, 0.2) is 0 Å². The molecule has 0 aromatic heterocycles. The minimum atomic E-state index is -1.45. The van der Waals surface area contributed by atoms with Crippen LogP contribution in [0.3, 0.4) is 0 Å². The number of hydrogen-bond acceptors (Lipinski definition) is 8. The minimum absolute atomic E-state index is 0.00175. The fourth-order valence-electron chi connectivity index (χ4n) is 3.50. The topological polar surface area (TPSA) is 234 Å². The third-order valence-corrected chi connectivity index (χ3v) is 5.52. The van der Waals surface area contributed by atoms with Gasteiger partial charge in [-0.05, 0) is 41.8 Å². The van der Waals surface area contributed by atoms with Crippen LogP contribution in [0.5, 0.6) is 11.5 Å². The number of aliphatic carboxylic acids is 1. The molecule has 0 bridgehead atoms. The van der Waals surface area contributed by atoms with E-state index in [0.717, 1.165) is 0 Å². The Balaban J connectivity index is 2.29. The monoisotopic (exact) mass is 529 g/mol. The van der Waals surface area contributed by atoms with Crippen LogP contribution < -0.4 is 27.4 Å². The molecular weight excluding hydrogens is 498 g/mol. The predicted molar refractivity (Wildman–Crippen MR) is 135 cm³/mol. The van der Waals surface area contributed by atoms with Crippen LogP contribution in [-0.4, -0.2) is 69.6 Å². The second-order valence-corrected chi connectivity index (χ2v) is 8.53. The number of aromatic hydroxyl groups is 2. The second kappa shape index (κ2) is 14.2. The molecule has 0 saturated carbocycles. The second-order valence-electron chi connectivity index (χ2n) is 8.53. The predicted octanol–water partition coefficient (Wildman–Crippen LogP) is -1.35. The molecule has 0 aliphatic carbocycles. The summed E-state index contributed by atoms with van der Waals surface area (Å²) in [5.74, 6) is -4.37. The summed E-state index contributed by atoms with van der Waals surface area (Å²) in [6, 6.07) is 7.85. The summed E-state index contributed by atoms with van der Waals surface area (Å²) in [6.07, 6.45) is -0.628. The zero-order valence-corrected chi connectivity index (χ0v) is 20.4. The molecule has 13 heteroatoms. The number of nitrogens with two attached hydrogens (primary N) is 2. The number of rotatable bonds is 14. The first-order chi connectivity index (χ1) is 18.0. The van der Waals surface area contributed by atoms with E-state index in [1.54, 1.807) is 12.1 Å². The van der Waals surface area contributed by atoms with Crippen molar-refractivity contribution in [2.75, 3.05) is 6.54 Å². The molecular formula is C25H31N5O8. The van der Waals surface area contributed by atoms with E-state index in [0.29, 0.717) is 11.1 Å². The number of carboxylic acid groups (broad SMARTS) is 1. The molecule has 2 aromatic carbocycles. The lowest BCUT2D eigenvalue weighted by Gasteiger charge is -2.25. The van der Waals surface area contributed by atoms with E-state index < -0.39 is 54.3 Å². The molecule has 0 aliphatic heterocycles. The normalized spacial score (nSPS) is 13.0.